The number of aliphatic hydroxyl groups excluding tert-OH is 1. The molecule has 0 aliphatic rings. The number of amides is 1. The molecule has 0 unspecified atom stereocenters. The Morgan fingerprint density at radius 2 is 2.08 bits per heavy atom. The van der Waals surface area contributed by atoms with Gasteiger partial charge in [0.05, 0.1) is 19.2 Å². The van der Waals surface area contributed by atoms with Crippen molar-refractivity contribution < 1.29 is 9.90 Å². The summed E-state index contributed by atoms with van der Waals surface area (Å²) < 4.78 is 0. The highest BCUT2D eigenvalue weighted by atomic mass is 16.3. The Balaban J connectivity index is 3.60. The summed E-state index contributed by atoms with van der Waals surface area (Å²) in [5.41, 5.74) is 0. The van der Waals surface area contributed by atoms with Crippen molar-refractivity contribution >= 4 is 5.91 Å². The molecule has 0 heterocycles. The third kappa shape index (κ3) is 6.54. The van der Waals surface area contributed by atoms with Crippen LogP contribution in [0, 0.1) is 0 Å². The van der Waals surface area contributed by atoms with Crippen LogP contribution in [-0.4, -0.2) is 36.2 Å². The quantitative estimate of drug-likeness (QED) is 0.544. The molecule has 3 N–H and O–H groups in total. The van der Waals surface area contributed by atoms with E-state index in [1.807, 2.05) is 20.8 Å². The molecule has 0 aliphatic heterocycles. The van der Waals surface area contributed by atoms with Gasteiger partial charge in [0, 0.05) is 6.04 Å². The van der Waals surface area contributed by atoms with Gasteiger partial charge < -0.3 is 15.7 Å². The van der Waals surface area contributed by atoms with Gasteiger partial charge in [-0.15, -0.1) is 0 Å². The van der Waals surface area contributed by atoms with Crippen LogP contribution in [-0.2, 0) is 4.79 Å². The Kier molecular flexibility index (Phi) is 6.54. The van der Waals surface area contributed by atoms with Gasteiger partial charge in [-0.2, -0.15) is 0 Å². The van der Waals surface area contributed by atoms with E-state index in [2.05, 4.69) is 10.6 Å². The number of aliphatic hydroxyl groups is 1. The normalized spacial score (nSPS) is 13.0. The van der Waals surface area contributed by atoms with Gasteiger partial charge in [-0.25, -0.2) is 0 Å². The summed E-state index contributed by atoms with van der Waals surface area (Å²) in [6, 6.07) is 0.196. The molecule has 0 aliphatic carbocycles. The lowest BCUT2D eigenvalue weighted by Crippen LogP contribution is -2.43. The van der Waals surface area contributed by atoms with Crippen molar-refractivity contribution in [3.8, 4) is 0 Å². The van der Waals surface area contributed by atoms with Crippen LogP contribution in [0.4, 0.5) is 0 Å². The predicted molar refractivity (Wildman–Crippen MR) is 52.4 cm³/mol. The number of rotatable bonds is 6. The van der Waals surface area contributed by atoms with Crippen molar-refractivity contribution in [3.63, 3.8) is 0 Å². The van der Waals surface area contributed by atoms with E-state index in [1.165, 1.54) is 0 Å². The maximum absolute atomic E-state index is 11.2. The number of hydrogen-bond acceptors (Lipinski definition) is 3. The molecule has 1 atom stereocenters. The molecule has 78 valence electrons. The number of nitrogens with one attached hydrogen (secondary N) is 2. The summed E-state index contributed by atoms with van der Waals surface area (Å²) in [6.07, 6.45) is 0.754. The topological polar surface area (TPSA) is 61.4 Å². The van der Waals surface area contributed by atoms with Crippen molar-refractivity contribution in [2.24, 2.45) is 0 Å². The average Bonchev–Trinajstić information content (AvgIpc) is 2.10. The van der Waals surface area contributed by atoms with Gasteiger partial charge in [0.2, 0.25) is 5.91 Å². The maximum Gasteiger partial charge on any atom is 0.234 e. The van der Waals surface area contributed by atoms with Gasteiger partial charge in [0.1, 0.15) is 0 Å². The smallest absolute Gasteiger partial charge is 0.234 e. The summed E-state index contributed by atoms with van der Waals surface area (Å²) in [7, 11) is 0. The van der Waals surface area contributed by atoms with Crippen LogP contribution >= 0.6 is 0 Å². The highest BCUT2D eigenvalue weighted by molar-refractivity contribution is 5.78. The minimum atomic E-state index is -0.110. The first-order valence-electron chi connectivity index (χ1n) is 4.73. The van der Waals surface area contributed by atoms with Gasteiger partial charge >= 0.3 is 0 Å². The lowest BCUT2D eigenvalue weighted by molar-refractivity contribution is -0.121. The molecule has 13 heavy (non-hydrogen) atoms. The first kappa shape index (κ1) is 12.4. The van der Waals surface area contributed by atoms with E-state index in [0.717, 1.165) is 6.42 Å². The third-order valence-electron chi connectivity index (χ3n) is 1.75. The summed E-state index contributed by atoms with van der Waals surface area (Å²) in [4.78, 5) is 11.2. The summed E-state index contributed by atoms with van der Waals surface area (Å²) in [6.45, 7) is 6.21. The second-order valence-electron chi connectivity index (χ2n) is 3.39. The molecule has 0 spiro atoms. The Hall–Kier alpha value is -0.610. The summed E-state index contributed by atoms with van der Waals surface area (Å²) >= 11 is 0. The molecule has 1 amide bonds. The van der Waals surface area contributed by atoms with Crippen LogP contribution in [0.5, 0.6) is 0 Å². The molecule has 0 aromatic heterocycles. The lowest BCUT2D eigenvalue weighted by Gasteiger charge is -2.15. The number of carbonyl (C=O) groups excluding carboxylic acids is 1. The highest BCUT2D eigenvalue weighted by Gasteiger charge is 2.08. The minimum absolute atomic E-state index is 0.00389. The lowest BCUT2D eigenvalue weighted by atomic mass is 10.2. The molecule has 0 bridgehead atoms. The van der Waals surface area contributed by atoms with E-state index in [-0.39, 0.29) is 18.6 Å². The van der Waals surface area contributed by atoms with E-state index in [1.54, 1.807) is 0 Å². The van der Waals surface area contributed by atoms with Gasteiger partial charge in [0.25, 0.3) is 0 Å². The average molecular weight is 188 g/mol. The standard InChI is InChI=1S/C9H20N2O2/c1-4-8(6-12)11-9(13)5-10-7(2)3/h7-8,10,12H,4-6H2,1-3H3,(H,11,13)/t8-/m1/s1. The van der Waals surface area contributed by atoms with E-state index in [9.17, 15) is 4.79 Å². The molecule has 4 nitrogen and oxygen atoms in total. The van der Waals surface area contributed by atoms with Crippen molar-refractivity contribution in [2.45, 2.75) is 39.3 Å². The Morgan fingerprint density at radius 3 is 2.46 bits per heavy atom. The monoisotopic (exact) mass is 188 g/mol. The van der Waals surface area contributed by atoms with Gasteiger partial charge in [-0.3, -0.25) is 4.79 Å². The number of carbonyl (C=O) groups is 1. The fourth-order valence-corrected chi connectivity index (χ4v) is 0.852. The Labute approximate surface area is 79.7 Å². The van der Waals surface area contributed by atoms with Crippen molar-refractivity contribution in [1.29, 1.82) is 0 Å². The van der Waals surface area contributed by atoms with E-state index in [4.69, 9.17) is 5.11 Å². The van der Waals surface area contributed by atoms with Gasteiger partial charge in [-0.1, -0.05) is 20.8 Å². The molecule has 0 rings (SSSR count). The van der Waals surface area contributed by atoms with E-state index in [0.29, 0.717) is 12.6 Å². The van der Waals surface area contributed by atoms with Crippen LogP contribution in [0.25, 0.3) is 0 Å². The van der Waals surface area contributed by atoms with Crippen LogP contribution in [0.15, 0.2) is 0 Å². The van der Waals surface area contributed by atoms with E-state index < -0.39 is 0 Å². The molecule has 0 radical (unpaired) electrons. The fraction of sp³-hybridized carbons (Fsp3) is 0.889. The molecule has 0 saturated carbocycles. The van der Waals surface area contributed by atoms with Crippen LogP contribution in [0.1, 0.15) is 27.2 Å². The Morgan fingerprint density at radius 1 is 1.46 bits per heavy atom. The zero-order valence-electron chi connectivity index (χ0n) is 8.63. The number of hydrogen-bond donors (Lipinski definition) is 3. The van der Waals surface area contributed by atoms with Crippen LogP contribution < -0.4 is 10.6 Å². The van der Waals surface area contributed by atoms with Crippen LogP contribution in [0.2, 0.25) is 0 Å². The second kappa shape index (κ2) is 6.86. The zero-order valence-corrected chi connectivity index (χ0v) is 8.63. The first-order valence-corrected chi connectivity index (χ1v) is 4.73. The van der Waals surface area contributed by atoms with E-state index >= 15 is 0 Å². The molecular formula is C9H20N2O2. The molecule has 0 aromatic rings. The SMILES string of the molecule is CC[C@H](CO)NC(=O)CNC(C)C. The Bertz CT molecular complexity index is 145. The first-order chi connectivity index (χ1) is 6.10. The van der Waals surface area contributed by atoms with Crippen molar-refractivity contribution in [1.82, 2.24) is 10.6 Å². The second-order valence-corrected chi connectivity index (χ2v) is 3.39. The third-order valence-corrected chi connectivity index (χ3v) is 1.75. The summed E-state index contributed by atoms with van der Waals surface area (Å²) in [5, 5.41) is 14.5. The molecule has 4 heteroatoms. The molecular weight excluding hydrogens is 168 g/mol. The van der Waals surface area contributed by atoms with Crippen molar-refractivity contribution in [3.05, 3.63) is 0 Å². The highest BCUT2D eigenvalue weighted by Crippen LogP contribution is 1.87. The predicted octanol–water partition coefficient (Wildman–Crippen LogP) is -0.128. The minimum Gasteiger partial charge on any atom is -0.394 e. The van der Waals surface area contributed by atoms with Gasteiger partial charge in [0.15, 0.2) is 0 Å². The molecule has 0 fully saturated rings. The maximum atomic E-state index is 11.2. The van der Waals surface area contributed by atoms with Crippen LogP contribution in [0.3, 0.4) is 0 Å². The largest absolute Gasteiger partial charge is 0.394 e. The molecule has 0 aromatic carbocycles. The van der Waals surface area contributed by atoms with Gasteiger partial charge in [-0.05, 0) is 6.42 Å². The van der Waals surface area contributed by atoms with Crippen molar-refractivity contribution in [2.75, 3.05) is 13.2 Å². The summed E-state index contributed by atoms with van der Waals surface area (Å²) in [5.74, 6) is -0.0606. The zero-order chi connectivity index (χ0) is 10.3. The molecule has 0 saturated heterocycles. The fourth-order valence-electron chi connectivity index (χ4n) is 0.852.